The Balaban J connectivity index is 1.90. The Labute approximate surface area is 172 Å². The lowest BCUT2D eigenvalue weighted by atomic mass is 9.75. The highest BCUT2D eigenvalue weighted by atomic mass is 16.5. The van der Waals surface area contributed by atoms with Crippen LogP contribution in [0, 0.1) is 11.8 Å². The first-order valence-corrected chi connectivity index (χ1v) is 11.1. The molecule has 1 amide bonds. The highest BCUT2D eigenvalue weighted by Gasteiger charge is 2.34. The summed E-state index contributed by atoms with van der Waals surface area (Å²) in [6.45, 7) is 13.5. The molecule has 0 aromatic heterocycles. The second kappa shape index (κ2) is 11.6. The molecule has 0 spiro atoms. The molecule has 0 bridgehead atoms. The van der Waals surface area contributed by atoms with Crippen molar-refractivity contribution in [1.82, 2.24) is 10.2 Å². The summed E-state index contributed by atoms with van der Waals surface area (Å²) in [4.78, 5) is 15.1. The van der Waals surface area contributed by atoms with Gasteiger partial charge >= 0.3 is 0 Å². The van der Waals surface area contributed by atoms with Gasteiger partial charge in [-0.05, 0) is 76.6 Å². The fourth-order valence-electron chi connectivity index (χ4n) is 4.38. The van der Waals surface area contributed by atoms with E-state index in [9.17, 15) is 4.79 Å². The van der Waals surface area contributed by atoms with E-state index in [0.717, 1.165) is 58.5 Å². The van der Waals surface area contributed by atoms with Crippen LogP contribution < -0.4 is 5.32 Å². The summed E-state index contributed by atoms with van der Waals surface area (Å²) >= 11 is 0. The Morgan fingerprint density at radius 2 is 1.96 bits per heavy atom. The van der Waals surface area contributed by atoms with E-state index in [4.69, 9.17) is 4.74 Å². The molecular formula is C24H40N2O2. The summed E-state index contributed by atoms with van der Waals surface area (Å²) in [5.41, 5.74) is 1.24. The predicted octanol–water partition coefficient (Wildman–Crippen LogP) is 4.29. The summed E-state index contributed by atoms with van der Waals surface area (Å²) in [5.74, 6) is 1.10. The minimum absolute atomic E-state index is 0.0852. The smallest absolute Gasteiger partial charge is 0.220 e. The Kier molecular flexibility index (Phi) is 9.46. The molecule has 0 saturated carbocycles. The fraction of sp³-hybridized carbons (Fsp3) is 0.708. The first-order valence-electron chi connectivity index (χ1n) is 11.1. The lowest BCUT2D eigenvalue weighted by molar-refractivity contribution is -0.124. The summed E-state index contributed by atoms with van der Waals surface area (Å²) < 4.78 is 5.92. The molecule has 28 heavy (non-hydrogen) atoms. The molecule has 1 heterocycles. The highest BCUT2D eigenvalue weighted by Crippen LogP contribution is 2.36. The maximum absolute atomic E-state index is 12.7. The lowest BCUT2D eigenvalue weighted by Gasteiger charge is -2.39. The molecule has 2 rings (SSSR count). The average Bonchev–Trinajstić information content (AvgIpc) is 2.67. The zero-order chi connectivity index (χ0) is 20.4. The molecule has 158 valence electrons. The topological polar surface area (TPSA) is 41.6 Å². The molecule has 1 aliphatic heterocycles. The second-order valence-electron chi connectivity index (χ2n) is 8.75. The molecule has 1 aromatic carbocycles. The second-order valence-corrected chi connectivity index (χ2v) is 8.75. The van der Waals surface area contributed by atoms with E-state index in [1.165, 1.54) is 5.56 Å². The number of carbonyl (C=O) groups excluding carboxylic acids is 1. The number of amides is 1. The molecule has 0 aliphatic carbocycles. The minimum Gasteiger partial charge on any atom is -0.376 e. The van der Waals surface area contributed by atoms with E-state index >= 15 is 0 Å². The van der Waals surface area contributed by atoms with E-state index in [1.54, 1.807) is 0 Å². The van der Waals surface area contributed by atoms with Gasteiger partial charge in [0.15, 0.2) is 0 Å². The van der Waals surface area contributed by atoms with Crippen molar-refractivity contribution in [3.05, 3.63) is 35.9 Å². The standard InChI is InChI=1S/C24H40N2O2/c1-5-26(6-2)15-10-14-25-23(27)18-22(17-20-11-8-7-9-12-20)21-13-16-28-24(3,4)19-21/h7-9,11-12,21-22H,5-6,10,13-19H2,1-4H3,(H,25,27). The Bertz CT molecular complexity index is 569. The minimum atomic E-state index is -0.0852. The number of carbonyl (C=O) groups is 1. The molecule has 0 radical (unpaired) electrons. The third-order valence-electron chi connectivity index (χ3n) is 6.06. The third-order valence-corrected chi connectivity index (χ3v) is 6.06. The lowest BCUT2D eigenvalue weighted by Crippen LogP contribution is -2.39. The Morgan fingerprint density at radius 3 is 2.61 bits per heavy atom. The SMILES string of the molecule is CCN(CC)CCCNC(=O)CC(Cc1ccccc1)C1CCOC(C)(C)C1. The van der Waals surface area contributed by atoms with Crippen LogP contribution in [0.25, 0.3) is 0 Å². The zero-order valence-electron chi connectivity index (χ0n) is 18.4. The summed E-state index contributed by atoms with van der Waals surface area (Å²) in [7, 11) is 0. The van der Waals surface area contributed by atoms with Crippen LogP contribution in [0.3, 0.4) is 0 Å². The van der Waals surface area contributed by atoms with Gasteiger partial charge in [-0.25, -0.2) is 0 Å². The molecule has 1 fully saturated rings. The summed E-state index contributed by atoms with van der Waals surface area (Å²) in [6.07, 6.45) is 4.67. The third kappa shape index (κ3) is 7.92. The summed E-state index contributed by atoms with van der Waals surface area (Å²) in [5, 5.41) is 3.17. The van der Waals surface area contributed by atoms with Gasteiger partial charge in [0.1, 0.15) is 0 Å². The van der Waals surface area contributed by atoms with Crippen molar-refractivity contribution in [2.75, 3.05) is 32.8 Å². The van der Waals surface area contributed by atoms with Gasteiger partial charge in [0.25, 0.3) is 0 Å². The van der Waals surface area contributed by atoms with E-state index in [-0.39, 0.29) is 11.5 Å². The first-order chi connectivity index (χ1) is 13.4. The van der Waals surface area contributed by atoms with Crippen LogP contribution in [0.2, 0.25) is 0 Å². The number of benzene rings is 1. The van der Waals surface area contributed by atoms with Crippen LogP contribution in [0.5, 0.6) is 0 Å². The fourth-order valence-corrected chi connectivity index (χ4v) is 4.38. The van der Waals surface area contributed by atoms with Crippen LogP contribution in [0.15, 0.2) is 30.3 Å². The zero-order valence-corrected chi connectivity index (χ0v) is 18.4. The number of hydrogen-bond donors (Lipinski definition) is 1. The van der Waals surface area contributed by atoms with Gasteiger partial charge < -0.3 is 15.0 Å². The van der Waals surface area contributed by atoms with E-state index < -0.39 is 0 Å². The van der Waals surface area contributed by atoms with Crippen molar-refractivity contribution < 1.29 is 9.53 Å². The quantitative estimate of drug-likeness (QED) is 0.575. The molecule has 2 atom stereocenters. The number of rotatable bonds is 11. The van der Waals surface area contributed by atoms with Crippen molar-refractivity contribution in [2.24, 2.45) is 11.8 Å². The van der Waals surface area contributed by atoms with Gasteiger partial charge in [0.05, 0.1) is 5.60 Å². The van der Waals surface area contributed by atoms with Crippen LogP contribution >= 0.6 is 0 Å². The maximum atomic E-state index is 12.7. The number of ether oxygens (including phenoxy) is 1. The van der Waals surface area contributed by atoms with Crippen molar-refractivity contribution >= 4 is 5.91 Å². The Hall–Kier alpha value is -1.39. The molecule has 1 aromatic rings. The molecule has 2 unspecified atom stereocenters. The first kappa shape index (κ1) is 22.9. The van der Waals surface area contributed by atoms with Crippen molar-refractivity contribution in [2.45, 2.75) is 65.4 Å². The van der Waals surface area contributed by atoms with Gasteiger partial charge in [-0.2, -0.15) is 0 Å². The molecule has 1 aliphatic rings. The van der Waals surface area contributed by atoms with Crippen LogP contribution in [-0.4, -0.2) is 49.2 Å². The van der Waals surface area contributed by atoms with E-state index in [0.29, 0.717) is 18.3 Å². The molecule has 1 N–H and O–H groups in total. The van der Waals surface area contributed by atoms with Gasteiger partial charge in [-0.1, -0.05) is 44.2 Å². The van der Waals surface area contributed by atoms with Crippen molar-refractivity contribution in [3.8, 4) is 0 Å². The van der Waals surface area contributed by atoms with Crippen molar-refractivity contribution in [1.29, 1.82) is 0 Å². The van der Waals surface area contributed by atoms with Gasteiger partial charge in [-0.15, -0.1) is 0 Å². The molecular weight excluding hydrogens is 348 g/mol. The number of hydrogen-bond acceptors (Lipinski definition) is 3. The van der Waals surface area contributed by atoms with Crippen LogP contribution in [0.1, 0.15) is 58.9 Å². The Morgan fingerprint density at radius 1 is 1.25 bits per heavy atom. The normalized spacial score (nSPS) is 20.1. The maximum Gasteiger partial charge on any atom is 0.220 e. The average molecular weight is 389 g/mol. The van der Waals surface area contributed by atoms with Crippen LogP contribution in [-0.2, 0) is 16.0 Å². The van der Waals surface area contributed by atoms with Gasteiger partial charge in [-0.3, -0.25) is 4.79 Å². The van der Waals surface area contributed by atoms with E-state index in [1.807, 2.05) is 0 Å². The highest BCUT2D eigenvalue weighted by molar-refractivity contribution is 5.76. The predicted molar refractivity (Wildman–Crippen MR) is 116 cm³/mol. The van der Waals surface area contributed by atoms with Crippen molar-refractivity contribution in [3.63, 3.8) is 0 Å². The summed E-state index contributed by atoms with van der Waals surface area (Å²) in [6, 6.07) is 10.6. The largest absolute Gasteiger partial charge is 0.376 e. The number of nitrogens with zero attached hydrogens (tertiary/aromatic N) is 1. The molecule has 4 heteroatoms. The molecule has 1 saturated heterocycles. The van der Waals surface area contributed by atoms with Crippen LogP contribution in [0.4, 0.5) is 0 Å². The molecule has 4 nitrogen and oxygen atoms in total. The monoisotopic (exact) mass is 388 g/mol. The van der Waals surface area contributed by atoms with Gasteiger partial charge in [0, 0.05) is 19.6 Å². The van der Waals surface area contributed by atoms with E-state index in [2.05, 4.69) is 68.2 Å². The van der Waals surface area contributed by atoms with Gasteiger partial charge in [0.2, 0.25) is 5.91 Å². The number of nitrogens with one attached hydrogen (secondary N) is 1.